The minimum atomic E-state index is -4.34. The van der Waals surface area contributed by atoms with Gasteiger partial charge in [-0.1, -0.05) is 42.1 Å². The van der Waals surface area contributed by atoms with Crippen LogP contribution in [0.3, 0.4) is 0 Å². The van der Waals surface area contributed by atoms with Crippen molar-refractivity contribution in [3.05, 3.63) is 113 Å². The number of carbonyl (C=O) groups excluding carboxylic acids is 1. The molecule has 9 heteroatoms. The zero-order valence-corrected chi connectivity index (χ0v) is 18.6. The second-order valence-corrected chi connectivity index (χ2v) is 9.87. The highest BCUT2D eigenvalue weighted by Crippen LogP contribution is 2.35. The van der Waals surface area contributed by atoms with Gasteiger partial charge in [0.2, 0.25) is 9.84 Å². The Kier molecular flexibility index (Phi) is 6.34. The Morgan fingerprint density at radius 3 is 2.18 bits per heavy atom. The molecule has 0 unspecified atom stereocenters. The van der Waals surface area contributed by atoms with Gasteiger partial charge in [-0.2, -0.15) is 0 Å². The molecule has 0 aliphatic carbocycles. The first kappa shape index (κ1) is 22.4. The smallest absolute Gasteiger partial charge is 0.276 e. The Bertz CT molecular complexity index is 1420. The van der Waals surface area contributed by atoms with Gasteiger partial charge in [0.05, 0.1) is 9.82 Å². The number of sulfone groups is 1. The van der Waals surface area contributed by atoms with Crippen molar-refractivity contribution >= 4 is 32.4 Å². The first-order valence-electron chi connectivity index (χ1n) is 9.67. The molecular formula is C24H16N2O5S2. The Labute approximate surface area is 194 Å². The molecule has 1 heterocycles. The number of rotatable bonds is 6. The van der Waals surface area contributed by atoms with E-state index < -0.39 is 19.9 Å². The SMILES string of the molecule is O=C(c1ccc(-c2cnccc2Sc2ccccc2)cc1)S(=O)(=O)c1ccc([N+](=O)[O-])cc1. The maximum Gasteiger partial charge on any atom is 0.281 e. The van der Waals surface area contributed by atoms with Crippen LogP contribution in [0.25, 0.3) is 11.1 Å². The van der Waals surface area contributed by atoms with E-state index in [2.05, 4.69) is 4.98 Å². The van der Waals surface area contributed by atoms with Crippen LogP contribution in [0.4, 0.5) is 5.69 Å². The molecule has 0 aliphatic heterocycles. The summed E-state index contributed by atoms with van der Waals surface area (Å²) in [5.41, 5.74) is 1.37. The summed E-state index contributed by atoms with van der Waals surface area (Å²) in [6.45, 7) is 0. The molecule has 0 saturated heterocycles. The highest BCUT2D eigenvalue weighted by molar-refractivity contribution is 8.06. The number of hydrogen-bond acceptors (Lipinski definition) is 7. The lowest BCUT2D eigenvalue weighted by Crippen LogP contribution is -2.15. The zero-order valence-electron chi connectivity index (χ0n) is 17.0. The molecule has 0 N–H and O–H groups in total. The van der Waals surface area contributed by atoms with E-state index in [0.29, 0.717) is 0 Å². The molecule has 4 aromatic rings. The lowest BCUT2D eigenvalue weighted by atomic mass is 10.1. The van der Waals surface area contributed by atoms with Crippen molar-refractivity contribution in [3.8, 4) is 11.1 Å². The zero-order chi connectivity index (χ0) is 23.4. The molecule has 0 radical (unpaired) electrons. The number of nitro groups is 1. The van der Waals surface area contributed by atoms with Crippen LogP contribution in [-0.2, 0) is 9.84 Å². The van der Waals surface area contributed by atoms with Crippen LogP contribution in [0.2, 0.25) is 0 Å². The van der Waals surface area contributed by atoms with Gasteiger partial charge in [-0.3, -0.25) is 19.9 Å². The van der Waals surface area contributed by atoms with Gasteiger partial charge in [-0.15, -0.1) is 0 Å². The summed E-state index contributed by atoms with van der Waals surface area (Å²) < 4.78 is 25.4. The average molecular weight is 477 g/mol. The minimum absolute atomic E-state index is 0.00162. The molecule has 7 nitrogen and oxygen atoms in total. The largest absolute Gasteiger partial charge is 0.281 e. The van der Waals surface area contributed by atoms with Gasteiger partial charge in [0.1, 0.15) is 0 Å². The highest BCUT2D eigenvalue weighted by Gasteiger charge is 2.27. The van der Waals surface area contributed by atoms with E-state index in [1.54, 1.807) is 36.3 Å². The van der Waals surface area contributed by atoms with Gasteiger partial charge in [0, 0.05) is 45.4 Å². The number of aromatic nitrogens is 1. The van der Waals surface area contributed by atoms with Crippen LogP contribution in [0.15, 0.2) is 112 Å². The molecule has 0 spiro atoms. The summed E-state index contributed by atoms with van der Waals surface area (Å²) in [6.07, 6.45) is 3.42. The monoisotopic (exact) mass is 476 g/mol. The number of carbonyl (C=O) groups is 1. The summed E-state index contributed by atoms with van der Waals surface area (Å²) in [7, 11) is -4.34. The Balaban J connectivity index is 1.60. The first-order valence-corrected chi connectivity index (χ1v) is 12.0. The molecule has 164 valence electrons. The molecule has 1 aromatic heterocycles. The van der Waals surface area contributed by atoms with Crippen LogP contribution >= 0.6 is 11.8 Å². The van der Waals surface area contributed by atoms with E-state index in [0.717, 1.165) is 45.2 Å². The standard InChI is InChI=1S/C24H16N2O5S2/c27-24(33(30,31)21-12-10-19(11-13-21)26(28)29)18-8-6-17(7-9-18)22-16-25-15-14-23(22)32-20-4-2-1-3-5-20/h1-16H. The highest BCUT2D eigenvalue weighted by atomic mass is 32.2. The number of benzene rings is 3. The van der Waals surface area contributed by atoms with Crippen LogP contribution in [-0.4, -0.2) is 23.4 Å². The fraction of sp³-hybridized carbons (Fsp3) is 0. The Morgan fingerprint density at radius 1 is 0.879 bits per heavy atom. The third-order valence-electron chi connectivity index (χ3n) is 4.79. The van der Waals surface area contributed by atoms with Crippen molar-refractivity contribution in [1.82, 2.24) is 4.98 Å². The molecule has 33 heavy (non-hydrogen) atoms. The predicted octanol–water partition coefficient (Wildman–Crippen LogP) is 5.42. The van der Waals surface area contributed by atoms with Crippen molar-refractivity contribution in [2.75, 3.05) is 0 Å². The van der Waals surface area contributed by atoms with Gasteiger partial charge in [-0.05, 0) is 48.0 Å². The third kappa shape index (κ3) is 4.84. The topological polar surface area (TPSA) is 107 Å². The second kappa shape index (κ2) is 9.35. The molecule has 4 rings (SSSR count). The van der Waals surface area contributed by atoms with E-state index >= 15 is 0 Å². The summed E-state index contributed by atoms with van der Waals surface area (Å²) in [5, 5.41) is 9.70. The number of hydrogen-bond donors (Lipinski definition) is 0. The quantitative estimate of drug-likeness (QED) is 0.270. The van der Waals surface area contributed by atoms with Gasteiger partial charge < -0.3 is 0 Å². The van der Waals surface area contributed by atoms with E-state index in [4.69, 9.17) is 0 Å². The van der Waals surface area contributed by atoms with E-state index in [9.17, 15) is 23.3 Å². The summed E-state index contributed by atoms with van der Waals surface area (Å²) in [4.78, 5) is 28.8. The Hall–Kier alpha value is -3.82. The molecule has 0 atom stereocenters. The predicted molar refractivity (Wildman–Crippen MR) is 125 cm³/mol. The molecular weight excluding hydrogens is 460 g/mol. The number of non-ortho nitro benzene ring substituents is 1. The van der Waals surface area contributed by atoms with Crippen LogP contribution < -0.4 is 0 Å². The minimum Gasteiger partial charge on any atom is -0.276 e. The normalized spacial score (nSPS) is 11.2. The molecule has 0 aliphatic rings. The van der Waals surface area contributed by atoms with Gasteiger partial charge in [0.25, 0.3) is 10.8 Å². The maximum atomic E-state index is 12.7. The summed E-state index contributed by atoms with van der Waals surface area (Å²) >= 11 is 1.57. The first-order chi connectivity index (χ1) is 15.9. The van der Waals surface area contributed by atoms with Crippen molar-refractivity contribution in [2.45, 2.75) is 14.7 Å². The maximum absolute atomic E-state index is 12.7. The van der Waals surface area contributed by atoms with E-state index in [1.165, 1.54) is 12.1 Å². The lowest BCUT2D eigenvalue weighted by molar-refractivity contribution is -0.384. The summed E-state index contributed by atoms with van der Waals surface area (Å²) in [5.74, 6) is 0. The van der Waals surface area contributed by atoms with Crippen LogP contribution in [0.5, 0.6) is 0 Å². The number of nitro benzene ring substituents is 1. The number of pyridine rings is 1. The van der Waals surface area contributed by atoms with Crippen molar-refractivity contribution in [1.29, 1.82) is 0 Å². The molecule has 0 saturated carbocycles. The fourth-order valence-corrected chi connectivity index (χ4v) is 5.21. The van der Waals surface area contributed by atoms with Crippen molar-refractivity contribution in [3.63, 3.8) is 0 Å². The van der Waals surface area contributed by atoms with E-state index in [-0.39, 0.29) is 16.1 Å². The van der Waals surface area contributed by atoms with E-state index in [1.807, 2.05) is 36.4 Å². The average Bonchev–Trinajstić information content (AvgIpc) is 2.85. The van der Waals surface area contributed by atoms with Crippen LogP contribution in [0, 0.1) is 10.1 Å². The molecule has 3 aromatic carbocycles. The fourth-order valence-electron chi connectivity index (χ4n) is 3.10. The van der Waals surface area contributed by atoms with Crippen molar-refractivity contribution < 1.29 is 18.1 Å². The number of nitrogens with zero attached hydrogens (tertiary/aromatic N) is 2. The van der Waals surface area contributed by atoms with Crippen LogP contribution in [0.1, 0.15) is 10.4 Å². The molecule has 0 amide bonds. The van der Waals surface area contributed by atoms with Gasteiger partial charge in [0.15, 0.2) is 0 Å². The summed E-state index contributed by atoms with van der Waals surface area (Å²) in [6, 6.07) is 22.2. The second-order valence-electron chi connectivity index (χ2n) is 6.91. The van der Waals surface area contributed by atoms with Gasteiger partial charge in [-0.25, -0.2) is 8.42 Å². The third-order valence-corrected chi connectivity index (χ3v) is 7.49. The Morgan fingerprint density at radius 2 is 1.55 bits per heavy atom. The molecule has 0 bridgehead atoms. The molecule has 0 fully saturated rings. The van der Waals surface area contributed by atoms with Crippen molar-refractivity contribution in [2.24, 2.45) is 0 Å². The lowest BCUT2D eigenvalue weighted by Gasteiger charge is -2.10. The van der Waals surface area contributed by atoms with Gasteiger partial charge >= 0.3 is 0 Å².